The molecular weight excluding hydrogens is 737 g/mol. The topological polar surface area (TPSA) is 164 Å². The zero-order valence-corrected chi connectivity index (χ0v) is 32.7. The van der Waals surface area contributed by atoms with Crippen molar-refractivity contribution in [3.05, 3.63) is 105 Å². The third-order valence-electron chi connectivity index (χ3n) is 8.76. The van der Waals surface area contributed by atoms with E-state index < -0.39 is 17.3 Å². The molecule has 13 nitrogen and oxygen atoms in total. The number of hydrogen-bond acceptors (Lipinski definition) is 10. The van der Waals surface area contributed by atoms with Gasteiger partial charge in [0.15, 0.2) is 17.3 Å². The molecule has 0 aliphatic carbocycles. The molecule has 17 heteroatoms. The molecule has 55 heavy (non-hydrogen) atoms. The van der Waals surface area contributed by atoms with E-state index in [0.29, 0.717) is 78.6 Å². The summed E-state index contributed by atoms with van der Waals surface area (Å²) in [6.45, 7) is 15.6. The summed E-state index contributed by atoms with van der Waals surface area (Å²) in [7, 11) is 3.83. The first-order valence-electron chi connectivity index (χ1n) is 17.3. The van der Waals surface area contributed by atoms with Crippen LogP contribution in [0.2, 0.25) is 5.02 Å². The normalized spacial score (nSPS) is 12.6. The van der Waals surface area contributed by atoms with Gasteiger partial charge in [0.25, 0.3) is 5.56 Å². The molecule has 0 saturated carbocycles. The van der Waals surface area contributed by atoms with Gasteiger partial charge in [-0.25, -0.2) is 19.6 Å². The fraction of sp³-hybridized carbons (Fsp3) is 0.368. The van der Waals surface area contributed by atoms with Crippen molar-refractivity contribution in [3.63, 3.8) is 0 Å². The van der Waals surface area contributed by atoms with Gasteiger partial charge in [-0.1, -0.05) is 24.6 Å². The number of allylic oxidation sites excluding steroid dienone is 2. The number of nitrogens with two attached hydrogens (primary N) is 1. The van der Waals surface area contributed by atoms with Gasteiger partial charge in [-0.3, -0.25) is 19.7 Å². The van der Waals surface area contributed by atoms with Crippen LogP contribution in [0, 0.1) is 6.92 Å². The number of carbonyl (C=O) groups is 1. The quantitative estimate of drug-likeness (QED) is 0.115. The number of H-pyrrole nitrogens is 1. The van der Waals surface area contributed by atoms with Crippen LogP contribution in [-0.2, 0) is 23.9 Å². The third kappa shape index (κ3) is 11.3. The van der Waals surface area contributed by atoms with Gasteiger partial charge in [-0.2, -0.15) is 13.2 Å². The van der Waals surface area contributed by atoms with E-state index in [1.165, 1.54) is 17.1 Å². The minimum absolute atomic E-state index is 0.130. The second kappa shape index (κ2) is 20.3. The molecule has 4 N–H and O–H groups in total. The highest BCUT2D eigenvalue weighted by Crippen LogP contribution is 2.32. The van der Waals surface area contributed by atoms with Gasteiger partial charge in [0.1, 0.15) is 24.2 Å². The van der Waals surface area contributed by atoms with Crippen LogP contribution in [0.15, 0.2) is 81.4 Å². The lowest BCUT2D eigenvalue weighted by atomic mass is 10.0. The predicted octanol–water partition coefficient (Wildman–Crippen LogP) is 6.45. The monoisotopic (exact) mass is 784 g/mol. The molecule has 0 saturated heterocycles. The summed E-state index contributed by atoms with van der Waals surface area (Å²) in [5.74, 6) is 0.759. The van der Waals surface area contributed by atoms with E-state index in [1.807, 2.05) is 32.8 Å². The van der Waals surface area contributed by atoms with Crippen molar-refractivity contribution < 1.29 is 22.4 Å². The van der Waals surface area contributed by atoms with Crippen molar-refractivity contribution in [1.29, 1.82) is 0 Å². The number of nitrogens with one attached hydrogen (secondary N) is 2. The molecule has 2 aromatic heterocycles. The fourth-order valence-electron chi connectivity index (χ4n) is 5.72. The first-order chi connectivity index (χ1) is 26.2. The number of aliphatic imine (C=N–C) groups is 1. The van der Waals surface area contributed by atoms with Gasteiger partial charge < -0.3 is 25.3 Å². The molecule has 296 valence electrons. The average molecular weight is 785 g/mol. The Kier molecular flexibility index (Phi) is 16.2. The van der Waals surface area contributed by atoms with Gasteiger partial charge in [-0.05, 0) is 68.8 Å². The maximum atomic E-state index is 14.9. The Morgan fingerprint density at radius 3 is 2.47 bits per heavy atom. The van der Waals surface area contributed by atoms with Crippen LogP contribution in [-0.4, -0.2) is 82.2 Å². The zero-order chi connectivity index (χ0) is 40.9. The standard InChI is InChI=1S/C35H41ClF3N9O2.C2H4.CH3NO/c1-7-28-32(47(15-13-40-5)14-12-29-21(2)22(3)46(6)20-43-29)34(49)48(18-25-8-10-26(17-27(25)36)35(37,38)39)45-33(42-19-41-28)24-9-11-31-30(16-24)44-23(4)50-31;1-2;2-1-3/h8-11,16-17,19,40H,7,12-15,18,20H2,1-6H3,(H,41,42,45);1-2H2;1H,(H2,2,3). The molecule has 2 aromatic carbocycles. The summed E-state index contributed by atoms with van der Waals surface area (Å²) in [4.78, 5) is 46.0. The Bertz CT molecular complexity index is 2120. The lowest BCUT2D eigenvalue weighted by molar-refractivity contribution is -0.137. The van der Waals surface area contributed by atoms with Gasteiger partial charge in [-0.15, -0.1) is 13.2 Å². The molecule has 4 aromatic rings. The van der Waals surface area contributed by atoms with Crippen LogP contribution < -0.4 is 21.5 Å². The smallest absolute Gasteiger partial charge is 0.416 e. The SMILES string of the molecule is C=C.CCc1ncnc(-c2ccc3oc(C)nc3c2)[nH]n(Cc2ccc(C(F)(F)F)cc2Cl)c(=O)c1N(CCNC)CCC1=NCN(C)C(C)=C1C.NC=O. The molecule has 0 spiro atoms. The van der Waals surface area contributed by atoms with Gasteiger partial charge in [0.2, 0.25) is 6.41 Å². The third-order valence-corrected chi connectivity index (χ3v) is 9.11. The van der Waals surface area contributed by atoms with Crippen LogP contribution in [0.4, 0.5) is 18.9 Å². The number of oxazole rings is 1. The van der Waals surface area contributed by atoms with Crippen molar-refractivity contribution in [2.24, 2.45) is 10.7 Å². The highest BCUT2D eigenvalue weighted by Gasteiger charge is 2.31. The molecule has 0 radical (unpaired) electrons. The predicted molar refractivity (Wildman–Crippen MR) is 212 cm³/mol. The van der Waals surface area contributed by atoms with Crippen molar-refractivity contribution >= 4 is 40.5 Å². The fourth-order valence-corrected chi connectivity index (χ4v) is 5.96. The maximum Gasteiger partial charge on any atom is 0.416 e. The first kappa shape index (κ1) is 43.9. The number of aromatic nitrogens is 5. The Morgan fingerprint density at radius 2 is 1.84 bits per heavy atom. The molecule has 3 heterocycles. The second-order valence-electron chi connectivity index (χ2n) is 12.2. The summed E-state index contributed by atoms with van der Waals surface area (Å²) in [6, 6.07) is 8.39. The van der Waals surface area contributed by atoms with Crippen molar-refractivity contribution in [1.82, 2.24) is 34.9 Å². The Hall–Kier alpha value is -5.48. The van der Waals surface area contributed by atoms with Crippen LogP contribution >= 0.6 is 11.6 Å². The summed E-state index contributed by atoms with van der Waals surface area (Å²) in [5, 5.41) is 6.19. The van der Waals surface area contributed by atoms with Gasteiger partial charge in [0.05, 0.1) is 17.8 Å². The number of fused-ring (bicyclic) bond motifs is 1. The van der Waals surface area contributed by atoms with Crippen LogP contribution in [0.25, 0.3) is 22.5 Å². The number of hydrogen-bond donors (Lipinski definition) is 3. The lowest BCUT2D eigenvalue weighted by Crippen LogP contribution is -2.39. The number of anilines is 1. The Labute approximate surface area is 323 Å². The van der Waals surface area contributed by atoms with Crippen molar-refractivity contribution in [3.8, 4) is 11.4 Å². The molecule has 1 aliphatic rings. The number of alkyl halides is 3. The van der Waals surface area contributed by atoms with E-state index in [-0.39, 0.29) is 23.8 Å². The van der Waals surface area contributed by atoms with E-state index in [4.69, 9.17) is 25.8 Å². The average Bonchev–Trinajstić information content (AvgIpc) is 3.56. The molecule has 0 fully saturated rings. The first-order valence-corrected chi connectivity index (χ1v) is 17.7. The Morgan fingerprint density at radius 1 is 1.13 bits per heavy atom. The summed E-state index contributed by atoms with van der Waals surface area (Å²) in [6.07, 6.45) is -1.95. The second-order valence-corrected chi connectivity index (χ2v) is 12.6. The molecular formula is C38H48ClF3N10O3. The number of likely N-dealkylation sites (N-methyl/N-ethyl adjacent to an activating group) is 1. The lowest BCUT2D eigenvalue weighted by Gasteiger charge is -2.29. The minimum Gasteiger partial charge on any atom is -0.441 e. The van der Waals surface area contributed by atoms with Crippen molar-refractivity contribution in [2.75, 3.05) is 45.3 Å². The van der Waals surface area contributed by atoms with E-state index in [1.54, 1.807) is 25.1 Å². The van der Waals surface area contributed by atoms with Crippen LogP contribution in [0.1, 0.15) is 49.9 Å². The number of primary amides is 1. The summed E-state index contributed by atoms with van der Waals surface area (Å²) in [5.41, 5.74) is 8.92. The van der Waals surface area contributed by atoms with E-state index >= 15 is 0 Å². The van der Waals surface area contributed by atoms with E-state index in [2.05, 4.69) is 56.1 Å². The molecule has 1 amide bonds. The number of halogens is 4. The van der Waals surface area contributed by atoms with Crippen LogP contribution in [0.3, 0.4) is 0 Å². The van der Waals surface area contributed by atoms with Gasteiger partial charge >= 0.3 is 6.18 Å². The molecule has 5 rings (SSSR count). The highest BCUT2D eigenvalue weighted by molar-refractivity contribution is 6.31. The number of rotatable bonds is 11. The van der Waals surface area contributed by atoms with Crippen LogP contribution in [0.5, 0.6) is 0 Å². The molecule has 0 bridgehead atoms. The number of aryl methyl sites for hydroxylation is 2. The van der Waals surface area contributed by atoms with Crippen molar-refractivity contribution in [2.45, 2.75) is 53.3 Å². The molecule has 0 atom stereocenters. The zero-order valence-electron chi connectivity index (χ0n) is 31.9. The van der Waals surface area contributed by atoms with E-state index in [0.717, 1.165) is 29.1 Å². The number of nitrogens with zero attached hydrogens (tertiary/aromatic N) is 7. The number of aromatic amines is 1. The largest absolute Gasteiger partial charge is 0.441 e. The maximum absolute atomic E-state index is 14.9. The minimum atomic E-state index is -4.58. The Balaban J connectivity index is 0.00000155. The van der Waals surface area contributed by atoms with Gasteiger partial charge in [0, 0.05) is 62.0 Å². The molecule has 1 aliphatic heterocycles. The molecule has 0 unspecified atom stereocenters. The summed E-state index contributed by atoms with van der Waals surface area (Å²) >= 11 is 6.43. The number of benzene rings is 2. The summed E-state index contributed by atoms with van der Waals surface area (Å²) < 4.78 is 47.5. The van der Waals surface area contributed by atoms with E-state index in [9.17, 15) is 18.0 Å². The highest BCUT2D eigenvalue weighted by atomic mass is 35.5. The number of carbonyl (C=O) groups excluding carboxylic acids is 1. The number of amides is 1.